The van der Waals surface area contributed by atoms with Gasteiger partial charge in [0.2, 0.25) is 15.9 Å². The van der Waals surface area contributed by atoms with E-state index >= 15 is 0 Å². The number of halogens is 2. The molecule has 0 spiro atoms. The molecule has 1 amide bonds. The summed E-state index contributed by atoms with van der Waals surface area (Å²) < 4.78 is 27.1. The highest BCUT2D eigenvalue weighted by molar-refractivity contribution is 9.10. The van der Waals surface area contributed by atoms with Crippen molar-refractivity contribution < 1.29 is 13.2 Å². The molecule has 0 aromatic heterocycles. The Bertz CT molecular complexity index is 636. The van der Waals surface area contributed by atoms with Gasteiger partial charge in [-0.1, -0.05) is 18.5 Å². The van der Waals surface area contributed by atoms with E-state index in [0.717, 1.165) is 0 Å². The summed E-state index contributed by atoms with van der Waals surface area (Å²) in [6.45, 7) is 2.38. The minimum atomic E-state index is -3.71. The van der Waals surface area contributed by atoms with Gasteiger partial charge in [0.05, 0.1) is 9.92 Å². The fraction of sp³-hybridized carbons (Fsp3) is 0.417. The van der Waals surface area contributed by atoms with Crippen molar-refractivity contribution in [2.75, 3.05) is 13.1 Å². The van der Waals surface area contributed by atoms with Crippen LogP contribution in [0.15, 0.2) is 27.6 Å². The minimum Gasteiger partial charge on any atom is -0.353 e. The van der Waals surface area contributed by atoms with Crippen molar-refractivity contribution in [2.24, 2.45) is 0 Å². The molecule has 1 aliphatic rings. The van der Waals surface area contributed by atoms with Crippen LogP contribution in [0.4, 0.5) is 0 Å². The van der Waals surface area contributed by atoms with Crippen molar-refractivity contribution in [3.8, 4) is 0 Å². The molecular formula is C12H14BrClN2O3S. The fourth-order valence-electron chi connectivity index (χ4n) is 2.14. The van der Waals surface area contributed by atoms with Crippen molar-refractivity contribution >= 4 is 43.5 Å². The Morgan fingerprint density at radius 2 is 2.20 bits per heavy atom. The topological polar surface area (TPSA) is 66.5 Å². The van der Waals surface area contributed by atoms with E-state index in [1.807, 2.05) is 0 Å². The van der Waals surface area contributed by atoms with Gasteiger partial charge in [-0.3, -0.25) is 4.79 Å². The van der Waals surface area contributed by atoms with Crippen LogP contribution in [0.1, 0.15) is 13.3 Å². The Hall–Kier alpha value is -0.630. The van der Waals surface area contributed by atoms with E-state index in [9.17, 15) is 13.2 Å². The van der Waals surface area contributed by atoms with Gasteiger partial charge in [0, 0.05) is 17.6 Å². The molecule has 1 fully saturated rings. The first-order valence-corrected chi connectivity index (χ1v) is 8.73. The molecule has 1 atom stereocenters. The highest BCUT2D eigenvalue weighted by Gasteiger charge is 2.37. The van der Waals surface area contributed by atoms with Crippen LogP contribution in [0, 0.1) is 0 Å². The molecule has 1 aliphatic heterocycles. The predicted molar refractivity (Wildman–Crippen MR) is 80.1 cm³/mol. The summed E-state index contributed by atoms with van der Waals surface area (Å²) in [7, 11) is -3.71. The van der Waals surface area contributed by atoms with E-state index in [0.29, 0.717) is 22.5 Å². The Morgan fingerprint density at radius 1 is 1.50 bits per heavy atom. The molecule has 8 heteroatoms. The van der Waals surface area contributed by atoms with Crippen LogP contribution in [0.3, 0.4) is 0 Å². The Labute approximate surface area is 131 Å². The standard InChI is InChI=1S/C12H14BrClN2O3S/c1-2-11-12(17)15-5-6-16(11)20(18,19)8-3-4-10(14)9(13)7-8/h3-4,7,11H,2,5-6H2,1H3,(H,15,17). The lowest BCUT2D eigenvalue weighted by atomic mass is 10.2. The number of piperazine rings is 1. The molecule has 1 heterocycles. The summed E-state index contributed by atoms with van der Waals surface area (Å²) in [6.07, 6.45) is 0.430. The molecule has 5 nitrogen and oxygen atoms in total. The number of hydrogen-bond acceptors (Lipinski definition) is 3. The number of carbonyl (C=O) groups is 1. The number of carbonyl (C=O) groups excluding carboxylic acids is 1. The maximum Gasteiger partial charge on any atom is 0.243 e. The molecule has 1 unspecified atom stereocenters. The SMILES string of the molecule is CCC1C(=O)NCCN1S(=O)(=O)c1ccc(Cl)c(Br)c1. The zero-order valence-corrected chi connectivity index (χ0v) is 13.9. The van der Waals surface area contributed by atoms with Crippen LogP contribution in [-0.2, 0) is 14.8 Å². The van der Waals surface area contributed by atoms with Gasteiger partial charge in [-0.05, 0) is 40.5 Å². The van der Waals surface area contributed by atoms with E-state index in [1.165, 1.54) is 22.5 Å². The first-order chi connectivity index (χ1) is 9.37. The number of nitrogens with zero attached hydrogens (tertiary/aromatic N) is 1. The molecule has 0 saturated carbocycles. The largest absolute Gasteiger partial charge is 0.353 e. The molecule has 20 heavy (non-hydrogen) atoms. The van der Waals surface area contributed by atoms with E-state index in [1.54, 1.807) is 6.92 Å². The number of nitrogens with one attached hydrogen (secondary N) is 1. The molecule has 0 aliphatic carbocycles. The lowest BCUT2D eigenvalue weighted by Crippen LogP contribution is -2.56. The molecule has 0 radical (unpaired) electrons. The van der Waals surface area contributed by atoms with Crippen LogP contribution >= 0.6 is 27.5 Å². The first kappa shape index (κ1) is 15.8. The van der Waals surface area contributed by atoms with Gasteiger partial charge in [0.15, 0.2) is 0 Å². The monoisotopic (exact) mass is 380 g/mol. The number of sulfonamides is 1. The summed E-state index contributed by atoms with van der Waals surface area (Å²) in [5.41, 5.74) is 0. The highest BCUT2D eigenvalue weighted by Crippen LogP contribution is 2.28. The zero-order valence-electron chi connectivity index (χ0n) is 10.8. The van der Waals surface area contributed by atoms with E-state index in [4.69, 9.17) is 11.6 Å². The second kappa shape index (κ2) is 6.01. The van der Waals surface area contributed by atoms with Crippen molar-refractivity contribution in [1.82, 2.24) is 9.62 Å². The van der Waals surface area contributed by atoms with Gasteiger partial charge in [0.1, 0.15) is 6.04 Å². The summed E-state index contributed by atoms with van der Waals surface area (Å²) >= 11 is 9.09. The molecule has 1 aromatic rings. The van der Waals surface area contributed by atoms with E-state index in [-0.39, 0.29) is 17.3 Å². The Morgan fingerprint density at radius 3 is 2.80 bits per heavy atom. The smallest absolute Gasteiger partial charge is 0.243 e. The summed E-state index contributed by atoms with van der Waals surface area (Å²) in [5, 5.41) is 3.12. The van der Waals surface area contributed by atoms with Gasteiger partial charge in [-0.15, -0.1) is 0 Å². The first-order valence-electron chi connectivity index (χ1n) is 6.12. The number of benzene rings is 1. The normalized spacial score (nSPS) is 20.8. The molecule has 1 saturated heterocycles. The molecular weight excluding hydrogens is 368 g/mol. The maximum absolute atomic E-state index is 12.6. The number of hydrogen-bond donors (Lipinski definition) is 1. The number of amides is 1. The summed E-state index contributed by atoms with van der Waals surface area (Å²) in [5.74, 6) is -0.254. The second-order valence-electron chi connectivity index (χ2n) is 4.41. The fourth-order valence-corrected chi connectivity index (χ4v) is 4.48. The third-order valence-corrected chi connectivity index (χ3v) is 6.28. The van der Waals surface area contributed by atoms with Gasteiger partial charge in [-0.2, -0.15) is 4.31 Å². The summed E-state index contributed by atoms with van der Waals surface area (Å²) in [6, 6.07) is 3.75. The van der Waals surface area contributed by atoms with Crippen LogP contribution in [0.25, 0.3) is 0 Å². The van der Waals surface area contributed by atoms with Crippen LogP contribution < -0.4 is 5.32 Å². The average Bonchev–Trinajstić information content (AvgIpc) is 2.41. The molecule has 1 aromatic carbocycles. The van der Waals surface area contributed by atoms with Crippen LogP contribution in [0.5, 0.6) is 0 Å². The second-order valence-corrected chi connectivity index (χ2v) is 7.56. The maximum atomic E-state index is 12.6. The van der Waals surface area contributed by atoms with Crippen LogP contribution in [0.2, 0.25) is 5.02 Å². The van der Waals surface area contributed by atoms with Gasteiger partial charge in [-0.25, -0.2) is 8.42 Å². The van der Waals surface area contributed by atoms with Crippen molar-refractivity contribution in [3.63, 3.8) is 0 Å². The van der Waals surface area contributed by atoms with Crippen molar-refractivity contribution in [2.45, 2.75) is 24.3 Å². The third-order valence-electron chi connectivity index (χ3n) is 3.17. The molecule has 1 N–H and O–H groups in total. The van der Waals surface area contributed by atoms with Crippen LogP contribution in [-0.4, -0.2) is 37.8 Å². The van der Waals surface area contributed by atoms with E-state index < -0.39 is 16.1 Å². The van der Waals surface area contributed by atoms with Crippen molar-refractivity contribution in [1.29, 1.82) is 0 Å². The zero-order chi connectivity index (χ0) is 14.9. The Kier molecular flexibility index (Phi) is 4.73. The average molecular weight is 382 g/mol. The lowest BCUT2D eigenvalue weighted by molar-refractivity contribution is -0.126. The predicted octanol–water partition coefficient (Wildman–Crippen LogP) is 2.00. The quantitative estimate of drug-likeness (QED) is 0.871. The molecule has 0 bridgehead atoms. The number of rotatable bonds is 3. The van der Waals surface area contributed by atoms with Gasteiger partial charge >= 0.3 is 0 Å². The highest BCUT2D eigenvalue weighted by atomic mass is 79.9. The molecule has 110 valence electrons. The van der Waals surface area contributed by atoms with Gasteiger partial charge in [0.25, 0.3) is 0 Å². The minimum absolute atomic E-state index is 0.127. The summed E-state index contributed by atoms with van der Waals surface area (Å²) in [4.78, 5) is 11.9. The van der Waals surface area contributed by atoms with E-state index in [2.05, 4.69) is 21.2 Å². The van der Waals surface area contributed by atoms with Crippen molar-refractivity contribution in [3.05, 3.63) is 27.7 Å². The van der Waals surface area contributed by atoms with Gasteiger partial charge < -0.3 is 5.32 Å². The molecule has 2 rings (SSSR count). The third kappa shape index (κ3) is 2.86. The Balaban J connectivity index is 2.42. The lowest BCUT2D eigenvalue weighted by Gasteiger charge is -2.33.